The number of piperidine rings is 1. The Balaban J connectivity index is 1.73. The standard InChI is InChI=1S/C14H18ClNO3S/c15-12-3-1-11(20-12)2-4-13(17)16-7-5-10(6-8-16)9-14(18)19/h1,3,10H,2,4-9H2,(H,18,19). The first-order valence-electron chi connectivity index (χ1n) is 6.78. The van der Waals surface area contributed by atoms with E-state index in [4.69, 9.17) is 16.7 Å². The summed E-state index contributed by atoms with van der Waals surface area (Å²) in [5.41, 5.74) is 0. The van der Waals surface area contributed by atoms with Crippen LogP contribution in [0, 0.1) is 5.92 Å². The molecule has 0 spiro atoms. The van der Waals surface area contributed by atoms with Crippen LogP contribution in [-0.4, -0.2) is 35.0 Å². The van der Waals surface area contributed by atoms with E-state index < -0.39 is 5.97 Å². The van der Waals surface area contributed by atoms with E-state index in [0.717, 1.165) is 28.5 Å². The van der Waals surface area contributed by atoms with E-state index in [2.05, 4.69) is 0 Å². The van der Waals surface area contributed by atoms with Gasteiger partial charge in [0.1, 0.15) is 0 Å². The summed E-state index contributed by atoms with van der Waals surface area (Å²) in [4.78, 5) is 25.7. The van der Waals surface area contributed by atoms with Crippen LogP contribution in [0.3, 0.4) is 0 Å². The average molecular weight is 316 g/mol. The minimum absolute atomic E-state index is 0.156. The molecule has 6 heteroatoms. The van der Waals surface area contributed by atoms with Crippen molar-refractivity contribution in [2.45, 2.75) is 32.1 Å². The molecular formula is C14H18ClNO3S. The van der Waals surface area contributed by atoms with Gasteiger partial charge in [0.05, 0.1) is 4.34 Å². The zero-order valence-corrected chi connectivity index (χ0v) is 12.8. The molecule has 0 aliphatic carbocycles. The van der Waals surface area contributed by atoms with E-state index in [1.807, 2.05) is 17.0 Å². The van der Waals surface area contributed by atoms with Crippen LogP contribution in [0.4, 0.5) is 0 Å². The largest absolute Gasteiger partial charge is 0.481 e. The molecule has 0 bridgehead atoms. The molecule has 0 saturated carbocycles. The molecule has 1 amide bonds. The van der Waals surface area contributed by atoms with Crippen LogP contribution in [0.2, 0.25) is 4.34 Å². The number of carboxylic acid groups (broad SMARTS) is 1. The van der Waals surface area contributed by atoms with E-state index in [-0.39, 0.29) is 18.2 Å². The Hall–Kier alpha value is -1.07. The lowest BCUT2D eigenvalue weighted by atomic mass is 9.93. The van der Waals surface area contributed by atoms with Gasteiger partial charge in [0.2, 0.25) is 5.91 Å². The Morgan fingerprint density at radius 1 is 1.35 bits per heavy atom. The predicted molar refractivity (Wildman–Crippen MR) is 79.2 cm³/mol. The first-order chi connectivity index (χ1) is 9.54. The van der Waals surface area contributed by atoms with Gasteiger partial charge in [-0.05, 0) is 37.3 Å². The highest BCUT2D eigenvalue weighted by atomic mass is 35.5. The second-order valence-corrected chi connectivity index (χ2v) is 6.93. The number of carboxylic acids is 1. The molecule has 0 radical (unpaired) electrons. The highest BCUT2D eigenvalue weighted by Gasteiger charge is 2.24. The van der Waals surface area contributed by atoms with Crippen molar-refractivity contribution in [3.05, 3.63) is 21.3 Å². The van der Waals surface area contributed by atoms with Gasteiger partial charge in [0.25, 0.3) is 0 Å². The first-order valence-corrected chi connectivity index (χ1v) is 7.98. The molecule has 1 aliphatic rings. The summed E-state index contributed by atoms with van der Waals surface area (Å²) in [6.45, 7) is 1.37. The SMILES string of the molecule is O=C(O)CC1CCN(C(=O)CCc2ccc(Cl)s2)CC1. The highest BCUT2D eigenvalue weighted by molar-refractivity contribution is 7.16. The number of carbonyl (C=O) groups is 2. The van der Waals surface area contributed by atoms with E-state index >= 15 is 0 Å². The van der Waals surface area contributed by atoms with Gasteiger partial charge in [-0.1, -0.05) is 11.6 Å². The van der Waals surface area contributed by atoms with E-state index in [9.17, 15) is 9.59 Å². The van der Waals surface area contributed by atoms with Crippen LogP contribution < -0.4 is 0 Å². The Morgan fingerprint density at radius 2 is 2.05 bits per heavy atom. The molecule has 0 aromatic carbocycles. The predicted octanol–water partition coefficient (Wildman–Crippen LogP) is 3.05. The molecule has 2 rings (SSSR count). The molecular weight excluding hydrogens is 298 g/mol. The minimum Gasteiger partial charge on any atom is -0.481 e. The monoisotopic (exact) mass is 315 g/mol. The Morgan fingerprint density at radius 3 is 2.60 bits per heavy atom. The van der Waals surface area contributed by atoms with Crippen molar-refractivity contribution in [1.82, 2.24) is 4.90 Å². The number of halogens is 1. The molecule has 1 aliphatic heterocycles. The van der Waals surface area contributed by atoms with Crippen molar-refractivity contribution in [3.63, 3.8) is 0 Å². The lowest BCUT2D eigenvalue weighted by Gasteiger charge is -2.31. The summed E-state index contributed by atoms with van der Waals surface area (Å²) in [5, 5.41) is 8.76. The molecule has 1 saturated heterocycles. The molecule has 2 heterocycles. The molecule has 4 nitrogen and oxygen atoms in total. The number of nitrogens with zero attached hydrogens (tertiary/aromatic N) is 1. The highest BCUT2D eigenvalue weighted by Crippen LogP contribution is 2.24. The minimum atomic E-state index is -0.746. The van der Waals surface area contributed by atoms with Gasteiger partial charge in [-0.3, -0.25) is 9.59 Å². The maximum Gasteiger partial charge on any atom is 0.303 e. The molecule has 0 atom stereocenters. The summed E-state index contributed by atoms with van der Waals surface area (Å²) >= 11 is 7.37. The van der Waals surface area contributed by atoms with Crippen LogP contribution >= 0.6 is 22.9 Å². The molecule has 1 aromatic heterocycles. The number of hydrogen-bond donors (Lipinski definition) is 1. The third-order valence-electron chi connectivity index (χ3n) is 3.64. The molecule has 1 aromatic rings. The average Bonchev–Trinajstić information content (AvgIpc) is 2.82. The number of rotatable bonds is 5. The summed E-state index contributed by atoms with van der Waals surface area (Å²) in [7, 11) is 0. The Kier molecular flexibility index (Phi) is 5.43. The van der Waals surface area contributed by atoms with Crippen molar-refractivity contribution < 1.29 is 14.7 Å². The van der Waals surface area contributed by atoms with Gasteiger partial charge in [0, 0.05) is 30.8 Å². The topological polar surface area (TPSA) is 57.6 Å². The van der Waals surface area contributed by atoms with Crippen LogP contribution in [0.5, 0.6) is 0 Å². The number of likely N-dealkylation sites (tertiary alicyclic amines) is 1. The van der Waals surface area contributed by atoms with Crippen LogP contribution in [-0.2, 0) is 16.0 Å². The van der Waals surface area contributed by atoms with Crippen LogP contribution in [0.25, 0.3) is 0 Å². The maximum atomic E-state index is 12.1. The number of amides is 1. The lowest BCUT2D eigenvalue weighted by molar-refractivity contribution is -0.138. The molecule has 0 unspecified atom stereocenters. The number of hydrogen-bond acceptors (Lipinski definition) is 3. The zero-order chi connectivity index (χ0) is 14.5. The fourth-order valence-corrected chi connectivity index (χ4v) is 3.59. The number of aliphatic carboxylic acids is 1. The van der Waals surface area contributed by atoms with Crippen molar-refractivity contribution >= 4 is 34.8 Å². The van der Waals surface area contributed by atoms with E-state index in [1.165, 1.54) is 11.3 Å². The summed E-state index contributed by atoms with van der Waals surface area (Å²) in [6, 6.07) is 3.81. The van der Waals surface area contributed by atoms with Gasteiger partial charge >= 0.3 is 5.97 Å². The first kappa shape index (κ1) is 15.3. The number of aryl methyl sites for hydroxylation is 1. The quantitative estimate of drug-likeness (QED) is 0.908. The second kappa shape index (κ2) is 7.09. The summed E-state index contributed by atoms with van der Waals surface area (Å²) < 4.78 is 0.752. The second-order valence-electron chi connectivity index (χ2n) is 5.13. The Labute approximate surface area is 127 Å². The van der Waals surface area contributed by atoms with Gasteiger partial charge in [0.15, 0.2) is 0 Å². The van der Waals surface area contributed by atoms with Crippen molar-refractivity contribution in [3.8, 4) is 0 Å². The molecule has 1 N–H and O–H groups in total. The molecule has 1 fully saturated rings. The van der Waals surface area contributed by atoms with Gasteiger partial charge in [-0.25, -0.2) is 0 Å². The van der Waals surface area contributed by atoms with Crippen LogP contribution in [0.1, 0.15) is 30.6 Å². The lowest BCUT2D eigenvalue weighted by Crippen LogP contribution is -2.39. The van der Waals surface area contributed by atoms with Gasteiger partial charge in [-0.15, -0.1) is 11.3 Å². The van der Waals surface area contributed by atoms with Crippen molar-refractivity contribution in [2.75, 3.05) is 13.1 Å². The molecule has 110 valence electrons. The molecule has 20 heavy (non-hydrogen) atoms. The Bertz CT molecular complexity index is 481. The third kappa shape index (κ3) is 4.49. The van der Waals surface area contributed by atoms with Crippen molar-refractivity contribution in [1.29, 1.82) is 0 Å². The van der Waals surface area contributed by atoms with Gasteiger partial charge in [-0.2, -0.15) is 0 Å². The van der Waals surface area contributed by atoms with E-state index in [0.29, 0.717) is 19.5 Å². The fraction of sp³-hybridized carbons (Fsp3) is 0.571. The van der Waals surface area contributed by atoms with E-state index in [1.54, 1.807) is 0 Å². The fourth-order valence-electron chi connectivity index (χ4n) is 2.51. The zero-order valence-electron chi connectivity index (χ0n) is 11.2. The van der Waals surface area contributed by atoms with Crippen LogP contribution in [0.15, 0.2) is 12.1 Å². The van der Waals surface area contributed by atoms with Gasteiger partial charge < -0.3 is 10.0 Å². The normalized spacial score (nSPS) is 16.4. The maximum absolute atomic E-state index is 12.1. The number of carbonyl (C=O) groups excluding carboxylic acids is 1. The van der Waals surface area contributed by atoms with Crippen molar-refractivity contribution in [2.24, 2.45) is 5.92 Å². The summed E-state index contributed by atoms with van der Waals surface area (Å²) in [6.07, 6.45) is 3.03. The third-order valence-corrected chi connectivity index (χ3v) is 4.94. The number of thiophene rings is 1. The summed E-state index contributed by atoms with van der Waals surface area (Å²) in [5.74, 6) is -0.375. The smallest absolute Gasteiger partial charge is 0.303 e.